The van der Waals surface area contributed by atoms with Gasteiger partial charge in [-0.2, -0.15) is 0 Å². The molecule has 3 aromatic rings. The van der Waals surface area contributed by atoms with Crippen LogP contribution >= 0.6 is 0 Å². The molecule has 0 heterocycles. The summed E-state index contributed by atoms with van der Waals surface area (Å²) >= 11 is 0. The van der Waals surface area contributed by atoms with Crippen LogP contribution in [0.2, 0.25) is 0 Å². The molecule has 0 atom stereocenters. The second kappa shape index (κ2) is 6.71. The predicted octanol–water partition coefficient (Wildman–Crippen LogP) is 5.64. The van der Waals surface area contributed by atoms with Crippen LogP contribution in [0.4, 0.5) is 0 Å². The van der Waals surface area contributed by atoms with Crippen LogP contribution in [0.25, 0.3) is 0 Å². The molecule has 3 aromatic carbocycles. The maximum atomic E-state index is 12.4. The minimum absolute atomic E-state index is 0.0184. The van der Waals surface area contributed by atoms with Gasteiger partial charge in [-0.3, -0.25) is 4.79 Å². The molecule has 0 amide bonds. The van der Waals surface area contributed by atoms with E-state index in [9.17, 15) is 4.79 Å². The van der Waals surface area contributed by atoms with Crippen LogP contribution in [-0.4, -0.2) is 5.78 Å². The van der Waals surface area contributed by atoms with Gasteiger partial charge in [0, 0.05) is 11.1 Å². The van der Waals surface area contributed by atoms with Gasteiger partial charge in [-0.05, 0) is 56.2 Å². The van der Waals surface area contributed by atoms with E-state index >= 15 is 0 Å². The third-order valence-corrected chi connectivity index (χ3v) is 3.98. The molecule has 0 aliphatic carbocycles. The molecule has 0 aromatic heterocycles. The van der Waals surface area contributed by atoms with E-state index in [0.29, 0.717) is 11.1 Å². The van der Waals surface area contributed by atoms with Gasteiger partial charge in [0.1, 0.15) is 11.5 Å². The van der Waals surface area contributed by atoms with Crippen molar-refractivity contribution < 1.29 is 9.53 Å². The Morgan fingerprint density at radius 3 is 1.88 bits per heavy atom. The average Bonchev–Trinajstić information content (AvgIpc) is 2.59. The second-order valence-corrected chi connectivity index (χ2v) is 6.05. The largest absolute Gasteiger partial charge is 0.457 e. The number of rotatable bonds is 4. The third-order valence-electron chi connectivity index (χ3n) is 3.98. The lowest BCUT2D eigenvalue weighted by Crippen LogP contribution is -2.00. The summed E-state index contributed by atoms with van der Waals surface area (Å²) in [7, 11) is 0. The van der Waals surface area contributed by atoms with Gasteiger partial charge in [-0.1, -0.05) is 48.0 Å². The van der Waals surface area contributed by atoms with Gasteiger partial charge in [0.2, 0.25) is 0 Å². The van der Waals surface area contributed by atoms with Gasteiger partial charge >= 0.3 is 0 Å². The molecule has 0 fully saturated rings. The van der Waals surface area contributed by atoms with Gasteiger partial charge < -0.3 is 4.74 Å². The highest BCUT2D eigenvalue weighted by molar-refractivity contribution is 6.08. The number of hydrogen-bond donors (Lipinski definition) is 0. The molecule has 0 saturated carbocycles. The number of carbonyl (C=O) groups excluding carboxylic acids is 1. The molecule has 0 unspecified atom stereocenters. The number of carbonyl (C=O) groups is 1. The smallest absolute Gasteiger partial charge is 0.193 e. The van der Waals surface area contributed by atoms with Crippen molar-refractivity contribution in [3.8, 4) is 11.5 Å². The first-order chi connectivity index (χ1) is 11.5. The first kappa shape index (κ1) is 16.0. The highest BCUT2D eigenvalue weighted by Gasteiger charge is 2.10. The zero-order valence-corrected chi connectivity index (χ0v) is 14.2. The third kappa shape index (κ3) is 3.38. The Bertz CT molecular complexity index is 839. The fraction of sp³-hybridized carbons (Fsp3) is 0.136. The summed E-state index contributed by atoms with van der Waals surface area (Å²) in [5.74, 6) is 1.63. The van der Waals surface area contributed by atoms with E-state index in [4.69, 9.17) is 4.74 Å². The maximum Gasteiger partial charge on any atom is 0.193 e. The van der Waals surface area contributed by atoms with Gasteiger partial charge in [-0.25, -0.2) is 0 Å². The molecular weight excluding hydrogens is 296 g/mol. The zero-order chi connectivity index (χ0) is 17.1. The Morgan fingerprint density at radius 1 is 0.750 bits per heavy atom. The number of ketones is 1. The summed E-state index contributed by atoms with van der Waals surface area (Å²) < 4.78 is 6.02. The van der Waals surface area contributed by atoms with Crippen molar-refractivity contribution in [2.75, 3.05) is 0 Å². The van der Waals surface area contributed by atoms with Gasteiger partial charge in [0.15, 0.2) is 5.78 Å². The zero-order valence-electron chi connectivity index (χ0n) is 14.2. The lowest BCUT2D eigenvalue weighted by Gasteiger charge is -2.13. The van der Waals surface area contributed by atoms with Crippen LogP contribution in [0.15, 0.2) is 66.7 Å². The van der Waals surface area contributed by atoms with E-state index in [1.54, 1.807) is 0 Å². The fourth-order valence-electron chi connectivity index (χ4n) is 2.88. The van der Waals surface area contributed by atoms with Crippen LogP contribution in [0.5, 0.6) is 11.5 Å². The molecule has 120 valence electrons. The van der Waals surface area contributed by atoms with E-state index in [1.165, 1.54) is 5.56 Å². The van der Waals surface area contributed by atoms with E-state index in [1.807, 2.05) is 68.4 Å². The average molecular weight is 316 g/mol. The van der Waals surface area contributed by atoms with Crippen LogP contribution in [0.3, 0.4) is 0 Å². The van der Waals surface area contributed by atoms with Crippen LogP contribution in [0.1, 0.15) is 32.6 Å². The SMILES string of the molecule is Cc1cc(C)c(Oc2ccc(C(=O)c3ccccc3)cc2)c(C)c1. The van der Waals surface area contributed by atoms with Crippen LogP contribution in [0, 0.1) is 20.8 Å². The summed E-state index contributed by atoms with van der Waals surface area (Å²) in [5, 5.41) is 0. The standard InChI is InChI=1S/C22H20O2/c1-15-13-16(2)22(17(3)14-15)24-20-11-9-19(10-12-20)21(23)18-7-5-4-6-8-18/h4-14H,1-3H3. The van der Waals surface area contributed by atoms with Gasteiger partial charge in [-0.15, -0.1) is 0 Å². The van der Waals surface area contributed by atoms with Crippen molar-refractivity contribution in [3.05, 3.63) is 94.5 Å². The van der Waals surface area contributed by atoms with Crippen molar-refractivity contribution in [2.45, 2.75) is 20.8 Å². The Morgan fingerprint density at radius 2 is 1.29 bits per heavy atom. The number of benzene rings is 3. The van der Waals surface area contributed by atoms with Gasteiger partial charge in [0.05, 0.1) is 0 Å². The molecule has 3 rings (SSSR count). The first-order valence-corrected chi connectivity index (χ1v) is 8.00. The molecule has 0 radical (unpaired) electrons. The predicted molar refractivity (Wildman–Crippen MR) is 97.0 cm³/mol. The first-order valence-electron chi connectivity index (χ1n) is 8.00. The molecule has 0 saturated heterocycles. The lowest BCUT2D eigenvalue weighted by molar-refractivity contribution is 0.103. The molecular formula is C22H20O2. The normalized spacial score (nSPS) is 10.5. The molecule has 0 N–H and O–H groups in total. The Balaban J connectivity index is 1.82. The van der Waals surface area contributed by atoms with Crippen molar-refractivity contribution in [2.24, 2.45) is 0 Å². The summed E-state index contributed by atoms with van der Waals surface area (Å²) in [4.78, 5) is 12.4. The molecule has 0 spiro atoms. The van der Waals surface area contributed by atoms with Crippen LogP contribution < -0.4 is 4.74 Å². The molecule has 24 heavy (non-hydrogen) atoms. The summed E-state index contributed by atoms with van der Waals surface area (Å²) in [6.45, 7) is 6.17. The van der Waals surface area contributed by atoms with Gasteiger partial charge in [0.25, 0.3) is 0 Å². The van der Waals surface area contributed by atoms with Crippen molar-refractivity contribution >= 4 is 5.78 Å². The number of hydrogen-bond acceptors (Lipinski definition) is 2. The molecule has 2 heteroatoms. The monoisotopic (exact) mass is 316 g/mol. The summed E-state index contributed by atoms with van der Waals surface area (Å²) in [6, 6.07) is 20.8. The molecule has 0 bridgehead atoms. The lowest BCUT2D eigenvalue weighted by atomic mass is 10.0. The Labute approximate surface area is 142 Å². The molecule has 0 aliphatic heterocycles. The van der Waals surface area contributed by atoms with E-state index in [2.05, 4.69) is 19.1 Å². The minimum atomic E-state index is 0.0184. The maximum absolute atomic E-state index is 12.4. The van der Waals surface area contributed by atoms with E-state index < -0.39 is 0 Å². The highest BCUT2D eigenvalue weighted by atomic mass is 16.5. The minimum Gasteiger partial charge on any atom is -0.457 e. The Hall–Kier alpha value is -2.87. The highest BCUT2D eigenvalue weighted by Crippen LogP contribution is 2.30. The fourth-order valence-corrected chi connectivity index (χ4v) is 2.88. The van der Waals surface area contributed by atoms with Crippen molar-refractivity contribution in [1.29, 1.82) is 0 Å². The topological polar surface area (TPSA) is 26.3 Å². The summed E-state index contributed by atoms with van der Waals surface area (Å²) in [5.41, 5.74) is 4.79. The molecule has 0 aliphatic rings. The Kier molecular flexibility index (Phi) is 4.48. The van der Waals surface area contributed by atoms with E-state index in [-0.39, 0.29) is 5.78 Å². The van der Waals surface area contributed by atoms with Crippen molar-refractivity contribution in [3.63, 3.8) is 0 Å². The summed E-state index contributed by atoms with van der Waals surface area (Å²) in [6.07, 6.45) is 0. The quantitative estimate of drug-likeness (QED) is 0.583. The molecule has 2 nitrogen and oxygen atoms in total. The second-order valence-electron chi connectivity index (χ2n) is 6.05. The van der Waals surface area contributed by atoms with Crippen molar-refractivity contribution in [1.82, 2.24) is 0 Å². The van der Waals surface area contributed by atoms with E-state index in [0.717, 1.165) is 22.6 Å². The van der Waals surface area contributed by atoms with Crippen LogP contribution in [-0.2, 0) is 0 Å². The number of ether oxygens (including phenoxy) is 1. The number of aryl methyl sites for hydroxylation is 3.